The van der Waals surface area contributed by atoms with E-state index in [0.717, 1.165) is 0 Å². The molecule has 0 aromatic heterocycles. The molecule has 1 N–H and O–H groups in total. The minimum atomic E-state index is 0.104. The third kappa shape index (κ3) is 7.30. The van der Waals surface area contributed by atoms with Gasteiger partial charge in [-0.25, -0.2) is 0 Å². The Kier molecular flexibility index (Phi) is 3.88. The molecule has 0 bridgehead atoms. The fraction of sp³-hybridized carbons (Fsp3) is 0.714. The predicted octanol–water partition coefficient (Wildman–Crippen LogP) is 1.65. The molecule has 58 valence electrons. The van der Waals surface area contributed by atoms with Gasteiger partial charge in [0, 0.05) is 12.1 Å². The third-order valence-electron chi connectivity index (χ3n) is 0.917. The number of hydrogen-bond donors (Lipinski definition) is 1. The summed E-state index contributed by atoms with van der Waals surface area (Å²) in [6.45, 7) is 6.88. The van der Waals surface area contributed by atoms with Gasteiger partial charge in [0.05, 0.1) is 6.20 Å². The molecular formula is C7H14N2O. The molecule has 0 aliphatic carbocycles. The van der Waals surface area contributed by atoms with Gasteiger partial charge in [-0.2, -0.15) is 0 Å². The molecule has 0 rings (SSSR count). The van der Waals surface area contributed by atoms with Crippen LogP contribution in [0.4, 0.5) is 0 Å². The van der Waals surface area contributed by atoms with Crippen LogP contribution in [0.3, 0.4) is 0 Å². The number of rotatable bonds is 3. The Balaban J connectivity index is 3.37. The fourth-order valence-electron chi connectivity index (χ4n) is 0.461. The fourth-order valence-corrected chi connectivity index (χ4v) is 0.461. The first-order chi connectivity index (χ1) is 4.56. The quantitative estimate of drug-likeness (QED) is 0.609. The average molecular weight is 142 g/mol. The molecule has 0 aromatic carbocycles. The average Bonchev–Trinajstić information content (AvgIpc) is 1.78. The Morgan fingerprint density at radius 2 is 2.10 bits per heavy atom. The summed E-state index contributed by atoms with van der Waals surface area (Å²) < 4.78 is 0. The van der Waals surface area contributed by atoms with E-state index in [9.17, 15) is 4.91 Å². The van der Waals surface area contributed by atoms with Crippen LogP contribution >= 0.6 is 0 Å². The van der Waals surface area contributed by atoms with Crippen LogP contribution in [-0.2, 0) is 0 Å². The zero-order valence-corrected chi connectivity index (χ0v) is 6.72. The van der Waals surface area contributed by atoms with Gasteiger partial charge in [-0.05, 0) is 32.0 Å². The van der Waals surface area contributed by atoms with Crippen LogP contribution in [0.5, 0.6) is 0 Å². The highest BCUT2D eigenvalue weighted by molar-refractivity contribution is 4.84. The van der Waals surface area contributed by atoms with Crippen molar-refractivity contribution >= 4 is 0 Å². The molecule has 0 radical (unpaired) electrons. The molecule has 0 saturated heterocycles. The Hall–Kier alpha value is -0.700. The molecule has 0 fully saturated rings. The van der Waals surface area contributed by atoms with Gasteiger partial charge >= 0.3 is 0 Å². The minimum absolute atomic E-state index is 0.104. The van der Waals surface area contributed by atoms with E-state index < -0.39 is 0 Å². The van der Waals surface area contributed by atoms with Gasteiger partial charge in [0.15, 0.2) is 0 Å². The van der Waals surface area contributed by atoms with Crippen LogP contribution in [0.15, 0.2) is 17.5 Å². The lowest BCUT2D eigenvalue weighted by Crippen LogP contribution is -2.35. The SMILES string of the molecule is CC(C)(C)NCC=CN=O. The molecular weight excluding hydrogens is 128 g/mol. The van der Waals surface area contributed by atoms with Crippen molar-refractivity contribution in [2.24, 2.45) is 5.18 Å². The molecule has 0 spiro atoms. The second-order valence-corrected chi connectivity index (χ2v) is 3.12. The number of nitrogens with zero attached hydrogens (tertiary/aromatic N) is 1. The van der Waals surface area contributed by atoms with E-state index in [1.165, 1.54) is 6.20 Å². The highest BCUT2D eigenvalue weighted by atomic mass is 16.2. The topological polar surface area (TPSA) is 41.5 Å². The van der Waals surface area contributed by atoms with Crippen molar-refractivity contribution in [3.63, 3.8) is 0 Å². The first-order valence-corrected chi connectivity index (χ1v) is 3.29. The van der Waals surface area contributed by atoms with Crippen molar-refractivity contribution in [2.75, 3.05) is 6.54 Å². The summed E-state index contributed by atoms with van der Waals surface area (Å²) in [5.41, 5.74) is 0.104. The van der Waals surface area contributed by atoms with Crippen molar-refractivity contribution < 1.29 is 0 Å². The van der Waals surface area contributed by atoms with Crippen molar-refractivity contribution in [3.05, 3.63) is 17.2 Å². The van der Waals surface area contributed by atoms with Crippen LogP contribution in [-0.4, -0.2) is 12.1 Å². The second-order valence-electron chi connectivity index (χ2n) is 3.12. The summed E-state index contributed by atoms with van der Waals surface area (Å²) >= 11 is 0. The molecule has 0 amide bonds. The maximum atomic E-state index is 9.56. The van der Waals surface area contributed by atoms with Crippen molar-refractivity contribution in [1.82, 2.24) is 5.32 Å². The Morgan fingerprint density at radius 1 is 1.50 bits per heavy atom. The van der Waals surface area contributed by atoms with Gasteiger partial charge in [-0.3, -0.25) is 0 Å². The zero-order chi connectivity index (χ0) is 8.04. The van der Waals surface area contributed by atoms with Gasteiger partial charge in [-0.15, -0.1) is 4.91 Å². The van der Waals surface area contributed by atoms with Crippen LogP contribution in [0.1, 0.15) is 20.8 Å². The van der Waals surface area contributed by atoms with Crippen LogP contribution < -0.4 is 5.32 Å². The van der Waals surface area contributed by atoms with Gasteiger partial charge < -0.3 is 5.32 Å². The van der Waals surface area contributed by atoms with Crippen molar-refractivity contribution in [3.8, 4) is 0 Å². The normalized spacial score (nSPS) is 12.3. The maximum Gasteiger partial charge on any atom is 0.0687 e. The monoisotopic (exact) mass is 142 g/mol. The molecule has 0 saturated carbocycles. The Labute approximate surface area is 61.5 Å². The smallest absolute Gasteiger partial charge is 0.0687 e. The van der Waals surface area contributed by atoms with Crippen LogP contribution in [0.2, 0.25) is 0 Å². The lowest BCUT2D eigenvalue weighted by atomic mass is 10.1. The van der Waals surface area contributed by atoms with E-state index >= 15 is 0 Å². The summed E-state index contributed by atoms with van der Waals surface area (Å²) in [5.74, 6) is 0. The highest BCUT2D eigenvalue weighted by Crippen LogP contribution is 1.96. The maximum absolute atomic E-state index is 9.56. The van der Waals surface area contributed by atoms with E-state index in [4.69, 9.17) is 0 Å². The number of nitroso groups, excluding NO2 is 1. The molecule has 3 nitrogen and oxygen atoms in total. The van der Waals surface area contributed by atoms with Crippen molar-refractivity contribution in [2.45, 2.75) is 26.3 Å². The van der Waals surface area contributed by atoms with Gasteiger partial charge in [0.25, 0.3) is 0 Å². The Bertz CT molecular complexity index is 124. The van der Waals surface area contributed by atoms with Gasteiger partial charge in [0.2, 0.25) is 0 Å². The largest absolute Gasteiger partial charge is 0.309 e. The summed E-state index contributed by atoms with van der Waals surface area (Å²) in [6.07, 6.45) is 2.94. The van der Waals surface area contributed by atoms with E-state index in [-0.39, 0.29) is 5.54 Å². The molecule has 0 aromatic rings. The zero-order valence-electron chi connectivity index (χ0n) is 6.72. The Morgan fingerprint density at radius 3 is 2.50 bits per heavy atom. The predicted molar refractivity (Wildman–Crippen MR) is 42.7 cm³/mol. The summed E-state index contributed by atoms with van der Waals surface area (Å²) in [7, 11) is 0. The van der Waals surface area contributed by atoms with Crippen molar-refractivity contribution in [1.29, 1.82) is 0 Å². The molecule has 3 heteroatoms. The summed E-state index contributed by atoms with van der Waals surface area (Å²) in [4.78, 5) is 9.56. The minimum Gasteiger partial charge on any atom is -0.309 e. The highest BCUT2D eigenvalue weighted by Gasteiger charge is 2.05. The van der Waals surface area contributed by atoms with Gasteiger partial charge in [0.1, 0.15) is 0 Å². The van der Waals surface area contributed by atoms with E-state index in [2.05, 4.69) is 31.3 Å². The molecule has 0 unspecified atom stereocenters. The van der Waals surface area contributed by atoms with E-state index in [1.807, 2.05) is 0 Å². The molecule has 0 aliphatic heterocycles. The lowest BCUT2D eigenvalue weighted by Gasteiger charge is -2.18. The number of hydrogen-bond acceptors (Lipinski definition) is 3. The first kappa shape index (κ1) is 9.30. The molecule has 10 heavy (non-hydrogen) atoms. The standard InChI is InChI=1S/C7H14N2O/c1-7(2,3)8-5-4-6-9-10/h4,6,8H,5H2,1-3H3. The van der Waals surface area contributed by atoms with Crippen LogP contribution in [0, 0.1) is 4.91 Å². The molecule has 0 atom stereocenters. The summed E-state index contributed by atoms with van der Waals surface area (Å²) in [6, 6.07) is 0. The third-order valence-corrected chi connectivity index (χ3v) is 0.917. The molecule has 0 aliphatic rings. The van der Waals surface area contributed by atoms with Gasteiger partial charge in [-0.1, -0.05) is 0 Å². The second kappa shape index (κ2) is 4.17. The van der Waals surface area contributed by atoms with Crippen LogP contribution in [0.25, 0.3) is 0 Å². The lowest BCUT2D eigenvalue weighted by molar-refractivity contribution is 0.449. The summed E-state index contributed by atoms with van der Waals surface area (Å²) in [5, 5.41) is 5.76. The van der Waals surface area contributed by atoms with E-state index in [0.29, 0.717) is 6.54 Å². The van der Waals surface area contributed by atoms with E-state index in [1.54, 1.807) is 6.08 Å². The number of nitrogens with one attached hydrogen (secondary N) is 1. The first-order valence-electron chi connectivity index (χ1n) is 3.29. The molecule has 0 heterocycles.